The highest BCUT2D eigenvalue weighted by atomic mass is 19.4. The van der Waals surface area contributed by atoms with E-state index in [0.717, 1.165) is 36.8 Å². The summed E-state index contributed by atoms with van der Waals surface area (Å²) in [6, 6.07) is 9.70. The van der Waals surface area contributed by atoms with E-state index in [0.29, 0.717) is 18.6 Å². The van der Waals surface area contributed by atoms with Gasteiger partial charge >= 0.3 is 18.4 Å². The summed E-state index contributed by atoms with van der Waals surface area (Å²) < 4.78 is 78.2. The van der Waals surface area contributed by atoms with Crippen molar-refractivity contribution in [3.8, 4) is 0 Å². The van der Waals surface area contributed by atoms with E-state index in [9.17, 15) is 31.1 Å². The summed E-state index contributed by atoms with van der Waals surface area (Å²) in [5, 5.41) is 4.75. The zero-order chi connectivity index (χ0) is 24.3. The fourth-order valence-electron chi connectivity index (χ4n) is 4.24. The Balaban J connectivity index is 1.70. The molecule has 0 heterocycles. The van der Waals surface area contributed by atoms with Gasteiger partial charge in [0, 0.05) is 12.2 Å². The molecule has 0 aliphatic heterocycles. The van der Waals surface area contributed by atoms with Gasteiger partial charge in [0.1, 0.15) is 0 Å². The van der Waals surface area contributed by atoms with Crippen molar-refractivity contribution in [2.24, 2.45) is 5.41 Å². The minimum Gasteiger partial charge on any atom is -0.337 e. The predicted octanol–water partition coefficient (Wildman–Crippen LogP) is 7.51. The van der Waals surface area contributed by atoms with Crippen LogP contribution in [0.25, 0.3) is 5.57 Å². The van der Waals surface area contributed by atoms with Crippen molar-refractivity contribution in [1.82, 2.24) is 5.32 Å². The second kappa shape index (κ2) is 9.49. The molecule has 0 saturated heterocycles. The predicted molar refractivity (Wildman–Crippen MR) is 114 cm³/mol. The van der Waals surface area contributed by atoms with Gasteiger partial charge in [-0.3, -0.25) is 0 Å². The van der Waals surface area contributed by atoms with Crippen molar-refractivity contribution < 1.29 is 31.1 Å². The second-order valence-corrected chi connectivity index (χ2v) is 8.46. The first-order valence-corrected chi connectivity index (χ1v) is 10.5. The Morgan fingerprint density at radius 3 is 1.97 bits per heavy atom. The number of hydrogen-bond acceptors (Lipinski definition) is 1. The lowest BCUT2D eigenvalue weighted by molar-refractivity contribution is -0.143. The number of benzene rings is 2. The van der Waals surface area contributed by atoms with E-state index < -0.39 is 35.2 Å². The summed E-state index contributed by atoms with van der Waals surface area (Å²) in [6.07, 6.45) is -5.75. The van der Waals surface area contributed by atoms with E-state index >= 15 is 0 Å². The number of carbonyl (C=O) groups is 1. The topological polar surface area (TPSA) is 41.1 Å². The van der Waals surface area contributed by atoms with Crippen molar-refractivity contribution in [3.05, 3.63) is 71.8 Å². The Morgan fingerprint density at radius 1 is 0.909 bits per heavy atom. The number of halogens is 6. The minimum atomic E-state index is -4.99. The highest BCUT2D eigenvalue weighted by Gasteiger charge is 2.38. The fourth-order valence-corrected chi connectivity index (χ4v) is 4.24. The monoisotopic (exact) mass is 470 g/mol. The highest BCUT2D eigenvalue weighted by Crippen LogP contribution is 2.44. The zero-order valence-electron chi connectivity index (χ0n) is 17.7. The third kappa shape index (κ3) is 6.52. The number of urea groups is 1. The number of hydrogen-bond donors (Lipinski definition) is 2. The van der Waals surface area contributed by atoms with Crippen LogP contribution in [0.3, 0.4) is 0 Å². The molecule has 2 aromatic rings. The maximum Gasteiger partial charge on any atom is 0.416 e. The van der Waals surface area contributed by atoms with Gasteiger partial charge < -0.3 is 10.6 Å². The van der Waals surface area contributed by atoms with Gasteiger partial charge in [-0.15, -0.1) is 0 Å². The molecule has 9 heteroatoms. The Morgan fingerprint density at radius 2 is 1.45 bits per heavy atom. The quantitative estimate of drug-likeness (QED) is 0.422. The molecule has 0 atom stereocenters. The number of anilines is 1. The Kier molecular flexibility index (Phi) is 7.09. The zero-order valence-corrected chi connectivity index (χ0v) is 17.7. The normalized spacial score (nSPS) is 15.8. The van der Waals surface area contributed by atoms with Gasteiger partial charge in [0.15, 0.2) is 0 Å². The molecule has 0 radical (unpaired) electrons. The molecule has 1 aliphatic rings. The molecule has 0 bridgehead atoms. The van der Waals surface area contributed by atoms with Gasteiger partial charge in [0.05, 0.1) is 11.1 Å². The molecule has 1 fully saturated rings. The SMILES string of the molecule is C=C(CC1(CNC(=O)Nc2cc(C(F)(F)F)cc(C(F)(F)F)c2)CCCC1)c1ccccc1. The Hall–Kier alpha value is -2.97. The van der Waals surface area contributed by atoms with Crippen LogP contribution in [0.4, 0.5) is 36.8 Å². The molecular weight excluding hydrogens is 446 g/mol. The minimum absolute atomic E-state index is 0.0196. The molecule has 2 N–H and O–H groups in total. The summed E-state index contributed by atoms with van der Waals surface area (Å²) in [7, 11) is 0. The van der Waals surface area contributed by atoms with E-state index in [4.69, 9.17) is 0 Å². The third-order valence-electron chi connectivity index (χ3n) is 5.90. The highest BCUT2D eigenvalue weighted by molar-refractivity contribution is 5.89. The first-order chi connectivity index (χ1) is 15.4. The molecule has 178 valence electrons. The summed E-state index contributed by atoms with van der Waals surface area (Å²) in [5.41, 5.74) is -1.93. The van der Waals surface area contributed by atoms with Crippen LogP contribution in [0, 0.1) is 5.41 Å². The lowest BCUT2D eigenvalue weighted by Crippen LogP contribution is -2.38. The number of rotatable bonds is 6. The van der Waals surface area contributed by atoms with Crippen LogP contribution < -0.4 is 10.6 Å². The van der Waals surface area contributed by atoms with Gasteiger partial charge in [-0.05, 0) is 54.0 Å². The summed E-state index contributed by atoms with van der Waals surface area (Å²) in [5.74, 6) is 0. The standard InChI is InChI=1S/C24H24F6N2O/c1-16(17-7-3-2-4-8-17)14-22(9-5-6-10-22)15-31-21(33)32-20-12-18(23(25,26)27)11-19(13-20)24(28,29)30/h2-4,7-8,11-13H,1,5-6,9-10,14-15H2,(H2,31,32,33). The van der Waals surface area contributed by atoms with E-state index in [1.807, 2.05) is 30.3 Å². The number of carbonyl (C=O) groups excluding carboxylic acids is 1. The lowest BCUT2D eigenvalue weighted by atomic mass is 9.78. The summed E-state index contributed by atoms with van der Waals surface area (Å²) in [6.45, 7) is 4.38. The van der Waals surface area contributed by atoms with Crippen LogP contribution in [0.2, 0.25) is 0 Å². The Labute approximate surface area is 187 Å². The van der Waals surface area contributed by atoms with Crippen LogP contribution in [-0.4, -0.2) is 12.6 Å². The van der Waals surface area contributed by atoms with Gasteiger partial charge in [-0.25, -0.2) is 4.79 Å². The number of allylic oxidation sites excluding steroid dienone is 1. The fraction of sp³-hybridized carbons (Fsp3) is 0.375. The molecule has 2 aromatic carbocycles. The molecular formula is C24H24F6N2O. The first-order valence-electron chi connectivity index (χ1n) is 10.5. The average molecular weight is 470 g/mol. The molecule has 1 aliphatic carbocycles. The van der Waals surface area contributed by atoms with E-state index in [2.05, 4.69) is 17.2 Å². The number of nitrogens with one attached hydrogen (secondary N) is 2. The van der Waals surface area contributed by atoms with E-state index in [1.54, 1.807) is 0 Å². The first kappa shape index (κ1) is 24.7. The summed E-state index contributed by atoms with van der Waals surface area (Å²) in [4.78, 5) is 12.4. The molecule has 0 aromatic heterocycles. The number of alkyl halides is 6. The lowest BCUT2D eigenvalue weighted by Gasteiger charge is -2.30. The van der Waals surface area contributed by atoms with Gasteiger partial charge in [-0.1, -0.05) is 49.8 Å². The molecule has 3 nitrogen and oxygen atoms in total. The van der Waals surface area contributed by atoms with Crippen LogP contribution in [0.15, 0.2) is 55.1 Å². The molecule has 1 saturated carbocycles. The molecule has 3 rings (SSSR count). The molecule has 0 spiro atoms. The van der Waals surface area contributed by atoms with Crippen molar-refractivity contribution in [2.75, 3.05) is 11.9 Å². The largest absolute Gasteiger partial charge is 0.416 e. The van der Waals surface area contributed by atoms with Crippen molar-refractivity contribution >= 4 is 17.3 Å². The van der Waals surface area contributed by atoms with Gasteiger partial charge in [0.25, 0.3) is 0 Å². The second-order valence-electron chi connectivity index (χ2n) is 8.46. The number of amides is 2. The average Bonchev–Trinajstić information content (AvgIpc) is 3.20. The molecule has 0 unspecified atom stereocenters. The molecule has 33 heavy (non-hydrogen) atoms. The van der Waals surface area contributed by atoms with E-state index in [1.165, 1.54) is 0 Å². The van der Waals surface area contributed by atoms with E-state index in [-0.39, 0.29) is 18.0 Å². The maximum absolute atomic E-state index is 13.0. The third-order valence-corrected chi connectivity index (χ3v) is 5.90. The van der Waals surface area contributed by atoms with Crippen molar-refractivity contribution in [3.63, 3.8) is 0 Å². The van der Waals surface area contributed by atoms with Crippen molar-refractivity contribution in [1.29, 1.82) is 0 Å². The smallest absolute Gasteiger partial charge is 0.337 e. The van der Waals surface area contributed by atoms with Crippen LogP contribution in [-0.2, 0) is 12.4 Å². The van der Waals surface area contributed by atoms with Crippen LogP contribution in [0.5, 0.6) is 0 Å². The Bertz CT molecular complexity index is 960. The van der Waals surface area contributed by atoms with Crippen LogP contribution >= 0.6 is 0 Å². The maximum atomic E-state index is 13.0. The van der Waals surface area contributed by atoms with Crippen LogP contribution in [0.1, 0.15) is 48.8 Å². The van der Waals surface area contributed by atoms with Gasteiger partial charge in [-0.2, -0.15) is 26.3 Å². The molecule has 2 amide bonds. The van der Waals surface area contributed by atoms with Gasteiger partial charge in [0.2, 0.25) is 0 Å². The van der Waals surface area contributed by atoms with Crippen molar-refractivity contribution in [2.45, 2.75) is 44.5 Å². The summed E-state index contributed by atoms with van der Waals surface area (Å²) >= 11 is 0.